The lowest BCUT2D eigenvalue weighted by molar-refractivity contribution is -0.132. The molecule has 0 aliphatic heterocycles. The summed E-state index contributed by atoms with van der Waals surface area (Å²) in [4.78, 5) is 12.7. The van der Waals surface area contributed by atoms with Crippen LogP contribution in [0.2, 0.25) is 0 Å². The Balaban J connectivity index is 1.93. The number of ether oxygens (including phenoxy) is 3. The topological polar surface area (TPSA) is 103 Å². The maximum atomic E-state index is 12.7. The van der Waals surface area contributed by atoms with E-state index in [-0.39, 0.29) is 23.8 Å². The Labute approximate surface area is 212 Å². The van der Waals surface area contributed by atoms with E-state index in [1.807, 2.05) is 19.1 Å². The number of rotatable bonds is 15. The van der Waals surface area contributed by atoms with Crippen LogP contribution in [0.15, 0.2) is 18.2 Å². The summed E-state index contributed by atoms with van der Waals surface area (Å²) in [7, 11) is 3.32. The summed E-state index contributed by atoms with van der Waals surface area (Å²) in [6.07, 6.45) is 6.72. The van der Waals surface area contributed by atoms with Gasteiger partial charge in [-0.25, -0.2) is 0 Å². The lowest BCUT2D eigenvalue weighted by Crippen LogP contribution is -2.48. The second-order valence-corrected chi connectivity index (χ2v) is 10.7. The predicted octanol–water partition coefficient (Wildman–Crippen LogP) is 4.09. The third-order valence-electron chi connectivity index (χ3n) is 7.47. The molecule has 0 spiro atoms. The average molecular weight is 493 g/mol. The summed E-state index contributed by atoms with van der Waals surface area (Å²) in [5.41, 5.74) is 7.24. The maximum absolute atomic E-state index is 12.7. The summed E-state index contributed by atoms with van der Waals surface area (Å²) >= 11 is 0. The molecule has 0 radical (unpaired) electrons. The summed E-state index contributed by atoms with van der Waals surface area (Å²) < 4.78 is 16.5. The van der Waals surface area contributed by atoms with E-state index in [2.05, 4.69) is 25.2 Å². The number of benzene rings is 1. The van der Waals surface area contributed by atoms with E-state index in [1.54, 1.807) is 14.2 Å². The fraction of sp³-hybridized carbons (Fsp3) is 0.750. The van der Waals surface area contributed by atoms with Crippen LogP contribution in [0.1, 0.15) is 71.3 Å². The standard InChI is InChI=1S/C28H48N2O5/c1-20(2)22(16-21-10-11-25(34-5)26(17-21)35-15-9-14-33-4)18-23(29)24(31)19-30-27(32)28(3)12-7-6-8-13-28/h10-11,17,20,22-24,31H,6-9,12-16,18-19,29H2,1-5H3,(H,30,32). The van der Waals surface area contributed by atoms with Gasteiger partial charge in [-0.2, -0.15) is 0 Å². The van der Waals surface area contributed by atoms with Gasteiger partial charge in [0, 0.05) is 38.1 Å². The Morgan fingerprint density at radius 2 is 1.86 bits per heavy atom. The number of carbonyl (C=O) groups excluding carboxylic acids is 1. The van der Waals surface area contributed by atoms with Crippen molar-refractivity contribution in [1.29, 1.82) is 0 Å². The van der Waals surface area contributed by atoms with Gasteiger partial charge in [-0.3, -0.25) is 4.79 Å². The molecule has 2 rings (SSSR count). The van der Waals surface area contributed by atoms with Gasteiger partial charge in [-0.05, 0) is 55.2 Å². The van der Waals surface area contributed by atoms with Gasteiger partial charge in [0.1, 0.15) is 0 Å². The molecule has 3 unspecified atom stereocenters. The summed E-state index contributed by atoms with van der Waals surface area (Å²) in [6.45, 7) is 7.80. The van der Waals surface area contributed by atoms with Crippen molar-refractivity contribution >= 4 is 5.91 Å². The Morgan fingerprint density at radius 1 is 1.14 bits per heavy atom. The first-order valence-corrected chi connectivity index (χ1v) is 13.2. The van der Waals surface area contributed by atoms with Crippen LogP contribution in [0, 0.1) is 17.3 Å². The second-order valence-electron chi connectivity index (χ2n) is 10.7. The van der Waals surface area contributed by atoms with Crippen molar-refractivity contribution in [2.75, 3.05) is 34.0 Å². The number of carbonyl (C=O) groups is 1. The molecule has 1 amide bonds. The van der Waals surface area contributed by atoms with Crippen LogP contribution < -0.4 is 20.5 Å². The molecule has 7 heteroatoms. The van der Waals surface area contributed by atoms with Crippen molar-refractivity contribution in [3.8, 4) is 11.5 Å². The number of nitrogens with two attached hydrogens (primary N) is 1. The molecule has 3 atom stereocenters. The summed E-state index contributed by atoms with van der Waals surface area (Å²) in [6, 6.07) is 5.62. The third-order valence-corrected chi connectivity index (χ3v) is 7.47. The number of aliphatic hydroxyl groups is 1. The monoisotopic (exact) mass is 492 g/mol. The minimum atomic E-state index is -0.775. The lowest BCUT2D eigenvalue weighted by atomic mass is 9.75. The first-order chi connectivity index (χ1) is 16.7. The van der Waals surface area contributed by atoms with Crippen LogP contribution in [-0.2, 0) is 16.0 Å². The molecule has 0 aromatic heterocycles. The van der Waals surface area contributed by atoms with Gasteiger partial charge >= 0.3 is 0 Å². The molecule has 0 bridgehead atoms. The van der Waals surface area contributed by atoms with Gasteiger partial charge in [-0.15, -0.1) is 0 Å². The van der Waals surface area contributed by atoms with E-state index in [4.69, 9.17) is 19.9 Å². The van der Waals surface area contributed by atoms with Crippen LogP contribution in [0.25, 0.3) is 0 Å². The molecule has 1 fully saturated rings. The van der Waals surface area contributed by atoms with Crippen molar-refractivity contribution in [3.05, 3.63) is 23.8 Å². The second kappa shape index (κ2) is 14.7. The Hall–Kier alpha value is -1.83. The van der Waals surface area contributed by atoms with Crippen LogP contribution in [0.3, 0.4) is 0 Å². The van der Waals surface area contributed by atoms with Gasteiger partial charge in [0.2, 0.25) is 5.91 Å². The Morgan fingerprint density at radius 3 is 2.49 bits per heavy atom. The van der Waals surface area contributed by atoms with Crippen molar-refractivity contribution in [1.82, 2.24) is 5.32 Å². The van der Waals surface area contributed by atoms with Gasteiger partial charge in [0.05, 0.1) is 19.8 Å². The lowest BCUT2D eigenvalue weighted by Gasteiger charge is -2.33. The summed E-state index contributed by atoms with van der Waals surface area (Å²) in [5, 5.41) is 13.7. The average Bonchev–Trinajstić information content (AvgIpc) is 2.84. The maximum Gasteiger partial charge on any atom is 0.226 e. The SMILES string of the molecule is COCCCOc1cc(CC(CC(N)C(O)CNC(=O)C2(C)CCCCC2)C(C)C)ccc1OC. The molecule has 1 aromatic carbocycles. The molecular weight excluding hydrogens is 444 g/mol. The van der Waals surface area contributed by atoms with E-state index < -0.39 is 12.1 Å². The molecule has 1 aliphatic rings. The van der Waals surface area contributed by atoms with Crippen molar-refractivity contribution in [2.24, 2.45) is 23.0 Å². The predicted molar refractivity (Wildman–Crippen MR) is 140 cm³/mol. The number of nitrogens with one attached hydrogen (secondary N) is 1. The smallest absolute Gasteiger partial charge is 0.226 e. The van der Waals surface area contributed by atoms with E-state index in [0.29, 0.717) is 31.3 Å². The molecule has 7 nitrogen and oxygen atoms in total. The van der Waals surface area contributed by atoms with Gasteiger partial charge < -0.3 is 30.4 Å². The molecule has 4 N–H and O–H groups in total. The molecule has 0 saturated heterocycles. The largest absolute Gasteiger partial charge is 0.493 e. The summed E-state index contributed by atoms with van der Waals surface area (Å²) in [5.74, 6) is 2.15. The molecule has 0 heterocycles. The molecule has 1 aromatic rings. The normalized spacial score (nSPS) is 18.1. The number of methoxy groups -OCH3 is 2. The first-order valence-electron chi connectivity index (χ1n) is 13.2. The van der Waals surface area contributed by atoms with Crippen molar-refractivity contribution in [3.63, 3.8) is 0 Å². The van der Waals surface area contributed by atoms with Crippen molar-refractivity contribution < 1.29 is 24.1 Å². The van der Waals surface area contributed by atoms with E-state index in [0.717, 1.165) is 49.8 Å². The number of amides is 1. The molecule has 200 valence electrons. The highest BCUT2D eigenvalue weighted by atomic mass is 16.5. The van der Waals surface area contributed by atoms with Crippen LogP contribution >= 0.6 is 0 Å². The van der Waals surface area contributed by atoms with E-state index in [1.165, 1.54) is 6.42 Å². The Bertz CT molecular complexity index is 764. The fourth-order valence-corrected chi connectivity index (χ4v) is 4.87. The third kappa shape index (κ3) is 9.28. The zero-order valence-electron chi connectivity index (χ0n) is 22.5. The molecule has 35 heavy (non-hydrogen) atoms. The van der Waals surface area contributed by atoms with Crippen LogP contribution in [0.5, 0.6) is 11.5 Å². The highest BCUT2D eigenvalue weighted by Gasteiger charge is 2.35. The van der Waals surface area contributed by atoms with Gasteiger partial charge in [-0.1, -0.05) is 46.1 Å². The minimum absolute atomic E-state index is 0.0418. The zero-order valence-corrected chi connectivity index (χ0v) is 22.5. The first kappa shape index (κ1) is 29.4. The number of aliphatic hydroxyl groups excluding tert-OH is 1. The van der Waals surface area contributed by atoms with Gasteiger partial charge in [0.15, 0.2) is 11.5 Å². The molecular formula is C28H48N2O5. The van der Waals surface area contributed by atoms with E-state index >= 15 is 0 Å². The number of hydrogen-bond acceptors (Lipinski definition) is 6. The van der Waals surface area contributed by atoms with E-state index in [9.17, 15) is 9.90 Å². The van der Waals surface area contributed by atoms with Crippen LogP contribution in [-0.4, -0.2) is 57.1 Å². The molecule has 1 saturated carbocycles. The Kier molecular flexibility index (Phi) is 12.3. The van der Waals surface area contributed by atoms with Crippen LogP contribution in [0.4, 0.5) is 0 Å². The highest BCUT2D eigenvalue weighted by Crippen LogP contribution is 2.36. The minimum Gasteiger partial charge on any atom is -0.493 e. The molecule has 1 aliphatic carbocycles. The fourth-order valence-electron chi connectivity index (χ4n) is 4.87. The zero-order chi connectivity index (χ0) is 25.8. The number of hydrogen-bond donors (Lipinski definition) is 3. The quantitative estimate of drug-likeness (QED) is 0.319. The van der Waals surface area contributed by atoms with Gasteiger partial charge in [0.25, 0.3) is 0 Å². The van der Waals surface area contributed by atoms with Crippen molar-refractivity contribution in [2.45, 2.75) is 84.3 Å². The highest BCUT2D eigenvalue weighted by molar-refractivity contribution is 5.82.